The maximum Gasteiger partial charge on any atom is 0.246 e. The molecule has 0 aliphatic heterocycles. The van der Waals surface area contributed by atoms with Crippen LogP contribution >= 0.6 is 23.2 Å². The van der Waals surface area contributed by atoms with Crippen LogP contribution in [0.1, 0.15) is 5.56 Å². The molecular formula is C9H6Cl2O. The van der Waals surface area contributed by atoms with E-state index in [2.05, 4.69) is 0 Å². The lowest BCUT2D eigenvalue weighted by Crippen LogP contribution is -1.80. The van der Waals surface area contributed by atoms with E-state index in [-0.39, 0.29) is 0 Å². The minimum atomic E-state index is -0.566. The van der Waals surface area contributed by atoms with Crippen LogP contribution in [0.3, 0.4) is 0 Å². The SMILES string of the molecule is O=C(Cl)/C=C(\Cl)c1ccccc1. The average molecular weight is 201 g/mol. The summed E-state index contributed by atoms with van der Waals surface area (Å²) in [7, 11) is 0. The molecule has 1 aromatic carbocycles. The van der Waals surface area contributed by atoms with E-state index < -0.39 is 5.24 Å². The zero-order valence-electron chi connectivity index (χ0n) is 6.13. The van der Waals surface area contributed by atoms with Crippen LogP contribution in [0.4, 0.5) is 0 Å². The fraction of sp³-hybridized carbons (Fsp3) is 0. The molecule has 12 heavy (non-hydrogen) atoms. The second-order valence-corrected chi connectivity index (χ2v) is 2.94. The fourth-order valence-corrected chi connectivity index (χ4v) is 1.17. The molecule has 0 amide bonds. The molecule has 1 aromatic rings. The summed E-state index contributed by atoms with van der Waals surface area (Å²) in [4.78, 5) is 10.4. The molecule has 0 N–H and O–H groups in total. The number of hydrogen-bond donors (Lipinski definition) is 0. The van der Waals surface area contributed by atoms with Crippen molar-refractivity contribution in [1.82, 2.24) is 0 Å². The van der Waals surface area contributed by atoms with Crippen molar-refractivity contribution in [2.75, 3.05) is 0 Å². The summed E-state index contributed by atoms with van der Waals surface area (Å²) in [5.41, 5.74) is 0.785. The number of carbonyl (C=O) groups is 1. The van der Waals surface area contributed by atoms with E-state index in [1.54, 1.807) is 12.1 Å². The fourth-order valence-electron chi connectivity index (χ4n) is 0.780. The minimum Gasteiger partial charge on any atom is -0.276 e. The van der Waals surface area contributed by atoms with Crippen molar-refractivity contribution in [2.45, 2.75) is 0 Å². The van der Waals surface area contributed by atoms with Gasteiger partial charge in [0, 0.05) is 6.08 Å². The van der Waals surface area contributed by atoms with Gasteiger partial charge in [-0.05, 0) is 17.2 Å². The lowest BCUT2D eigenvalue weighted by molar-refractivity contribution is -0.107. The van der Waals surface area contributed by atoms with Gasteiger partial charge in [-0.15, -0.1) is 0 Å². The second-order valence-electron chi connectivity index (χ2n) is 2.16. The highest BCUT2D eigenvalue weighted by molar-refractivity contribution is 6.68. The monoisotopic (exact) mass is 200 g/mol. The molecule has 0 aliphatic rings. The summed E-state index contributed by atoms with van der Waals surface area (Å²) in [6, 6.07) is 9.15. The largest absolute Gasteiger partial charge is 0.276 e. The molecular weight excluding hydrogens is 195 g/mol. The quantitative estimate of drug-likeness (QED) is 0.530. The maximum atomic E-state index is 10.4. The van der Waals surface area contributed by atoms with Gasteiger partial charge >= 0.3 is 0 Å². The third kappa shape index (κ3) is 2.68. The zero-order chi connectivity index (χ0) is 8.97. The van der Waals surface area contributed by atoms with Gasteiger partial charge in [-0.3, -0.25) is 4.79 Å². The lowest BCUT2D eigenvalue weighted by Gasteiger charge is -1.95. The van der Waals surface area contributed by atoms with E-state index in [1.807, 2.05) is 18.2 Å². The van der Waals surface area contributed by atoms with Gasteiger partial charge < -0.3 is 0 Å². The zero-order valence-corrected chi connectivity index (χ0v) is 7.64. The Morgan fingerprint density at radius 2 is 1.75 bits per heavy atom. The first-order valence-corrected chi connectivity index (χ1v) is 4.08. The normalized spacial score (nSPS) is 11.3. The Bertz CT molecular complexity index is 304. The molecule has 0 saturated heterocycles. The standard InChI is InChI=1S/C9H6Cl2O/c10-8(6-9(11)12)7-4-2-1-3-5-7/h1-6H/b8-6-. The lowest BCUT2D eigenvalue weighted by atomic mass is 10.2. The van der Waals surface area contributed by atoms with E-state index in [1.165, 1.54) is 6.08 Å². The highest BCUT2D eigenvalue weighted by Crippen LogP contribution is 2.18. The van der Waals surface area contributed by atoms with Gasteiger partial charge in [-0.25, -0.2) is 0 Å². The first kappa shape index (κ1) is 9.30. The van der Waals surface area contributed by atoms with Gasteiger partial charge in [0.1, 0.15) is 0 Å². The number of allylic oxidation sites excluding steroid dienone is 1. The van der Waals surface area contributed by atoms with Gasteiger partial charge in [0.15, 0.2) is 0 Å². The molecule has 3 heteroatoms. The van der Waals surface area contributed by atoms with Gasteiger partial charge in [-0.2, -0.15) is 0 Å². The Morgan fingerprint density at radius 3 is 2.25 bits per heavy atom. The van der Waals surface area contributed by atoms with Crippen LogP contribution in [0.15, 0.2) is 36.4 Å². The van der Waals surface area contributed by atoms with Crippen molar-refractivity contribution in [1.29, 1.82) is 0 Å². The molecule has 0 radical (unpaired) electrons. The predicted molar refractivity (Wildman–Crippen MR) is 51.1 cm³/mol. The Labute approximate surface area is 80.6 Å². The molecule has 0 bridgehead atoms. The van der Waals surface area contributed by atoms with Crippen LogP contribution in [0, 0.1) is 0 Å². The Morgan fingerprint density at radius 1 is 1.17 bits per heavy atom. The highest BCUT2D eigenvalue weighted by Gasteiger charge is 1.97. The number of benzene rings is 1. The molecule has 0 fully saturated rings. The third-order valence-electron chi connectivity index (χ3n) is 1.29. The topological polar surface area (TPSA) is 17.1 Å². The van der Waals surface area contributed by atoms with Gasteiger partial charge in [0.05, 0.1) is 5.03 Å². The van der Waals surface area contributed by atoms with Crippen LogP contribution in [0.5, 0.6) is 0 Å². The number of rotatable bonds is 2. The van der Waals surface area contributed by atoms with Crippen LogP contribution < -0.4 is 0 Å². The molecule has 0 aliphatic carbocycles. The van der Waals surface area contributed by atoms with Gasteiger partial charge in [0.2, 0.25) is 5.24 Å². The Kier molecular flexibility index (Phi) is 3.32. The van der Waals surface area contributed by atoms with Crippen LogP contribution in [0.25, 0.3) is 5.03 Å². The van der Waals surface area contributed by atoms with Gasteiger partial charge in [-0.1, -0.05) is 41.9 Å². The van der Waals surface area contributed by atoms with Gasteiger partial charge in [0.25, 0.3) is 0 Å². The van der Waals surface area contributed by atoms with E-state index in [9.17, 15) is 4.79 Å². The molecule has 1 rings (SSSR count). The summed E-state index contributed by atoms with van der Waals surface area (Å²) in [5, 5.41) is -0.209. The van der Waals surface area contributed by atoms with Crippen LogP contribution in [0.2, 0.25) is 0 Å². The number of halogens is 2. The smallest absolute Gasteiger partial charge is 0.246 e. The first-order valence-electron chi connectivity index (χ1n) is 3.32. The maximum absolute atomic E-state index is 10.4. The van der Waals surface area contributed by atoms with Crippen molar-refractivity contribution in [3.05, 3.63) is 42.0 Å². The second kappa shape index (κ2) is 4.29. The Balaban J connectivity index is 2.93. The van der Waals surface area contributed by atoms with Crippen LogP contribution in [-0.2, 0) is 4.79 Å². The first-order chi connectivity index (χ1) is 5.70. The van der Waals surface area contributed by atoms with E-state index in [4.69, 9.17) is 23.2 Å². The van der Waals surface area contributed by atoms with Crippen molar-refractivity contribution in [2.24, 2.45) is 0 Å². The van der Waals surface area contributed by atoms with Crippen molar-refractivity contribution in [3.63, 3.8) is 0 Å². The van der Waals surface area contributed by atoms with E-state index in [0.29, 0.717) is 5.03 Å². The summed E-state index contributed by atoms with van der Waals surface area (Å²) < 4.78 is 0. The average Bonchev–Trinajstić information content (AvgIpc) is 2.05. The Hall–Kier alpha value is -0.790. The summed E-state index contributed by atoms with van der Waals surface area (Å²) in [5.74, 6) is 0. The van der Waals surface area contributed by atoms with Crippen molar-refractivity contribution in [3.8, 4) is 0 Å². The molecule has 62 valence electrons. The molecule has 1 nitrogen and oxygen atoms in total. The third-order valence-corrected chi connectivity index (χ3v) is 1.73. The molecule has 0 atom stereocenters. The number of hydrogen-bond acceptors (Lipinski definition) is 1. The predicted octanol–water partition coefficient (Wildman–Crippen LogP) is 3.03. The molecule has 0 saturated carbocycles. The number of carbonyl (C=O) groups excluding carboxylic acids is 1. The molecule has 0 aromatic heterocycles. The van der Waals surface area contributed by atoms with Crippen LogP contribution in [-0.4, -0.2) is 5.24 Å². The highest BCUT2D eigenvalue weighted by atomic mass is 35.5. The molecule has 0 heterocycles. The molecule has 0 unspecified atom stereocenters. The van der Waals surface area contributed by atoms with Crippen molar-refractivity contribution < 1.29 is 4.79 Å². The molecule has 0 spiro atoms. The summed E-state index contributed by atoms with van der Waals surface area (Å²) in [6.07, 6.45) is 1.18. The van der Waals surface area contributed by atoms with Crippen molar-refractivity contribution >= 4 is 33.5 Å². The minimum absolute atomic E-state index is 0.357. The van der Waals surface area contributed by atoms with E-state index >= 15 is 0 Å². The summed E-state index contributed by atoms with van der Waals surface area (Å²) in [6.45, 7) is 0. The summed E-state index contributed by atoms with van der Waals surface area (Å²) >= 11 is 10.9. The van der Waals surface area contributed by atoms with E-state index in [0.717, 1.165) is 5.56 Å².